The van der Waals surface area contributed by atoms with Gasteiger partial charge >= 0.3 is 29.8 Å². The largest absolute Gasteiger partial charge is 0.497 e. The summed E-state index contributed by atoms with van der Waals surface area (Å²) in [6.45, 7) is 5.54. The van der Waals surface area contributed by atoms with Crippen LogP contribution in [0.2, 0.25) is 0 Å². The van der Waals surface area contributed by atoms with Crippen LogP contribution in [0.4, 0.5) is 0 Å². The summed E-state index contributed by atoms with van der Waals surface area (Å²) in [6, 6.07) is 16.7. The fraction of sp³-hybridized carbons (Fsp3) is 0.474. The average molecular weight is 756 g/mol. The van der Waals surface area contributed by atoms with Crippen LogP contribution in [0.5, 0.6) is 11.5 Å². The topological polar surface area (TPSA) is 190 Å². The van der Waals surface area contributed by atoms with E-state index >= 15 is 0 Å². The van der Waals surface area contributed by atoms with Crippen molar-refractivity contribution in [1.82, 2.24) is 0 Å². The smallest absolute Gasteiger partial charge is 0.306 e. The van der Waals surface area contributed by atoms with Gasteiger partial charge in [0, 0.05) is 27.7 Å². The van der Waals surface area contributed by atoms with E-state index in [1.54, 1.807) is 38.3 Å². The average Bonchev–Trinajstić information content (AvgIpc) is 3.14. The molecule has 16 nitrogen and oxygen atoms in total. The van der Waals surface area contributed by atoms with Crippen LogP contribution in [-0.4, -0.2) is 98.8 Å². The standard InChI is InChI=1S/C38H45NO15/c1-22(39-54-38-37(50-26(5)43)36(49-25(4)42)35(48-24(3)41)33(53-38)21-46-23(2)40)12-19-34(44)47-20-32-31(51-29-15-13-28(45-6)14-16-29)18-17-30(52-32)27-10-8-7-9-11-27/h7-11,13-18,30-33,35-38H,12,19-21H2,1-6H3. The predicted molar refractivity (Wildman–Crippen MR) is 187 cm³/mol. The first-order valence-electron chi connectivity index (χ1n) is 17.2. The van der Waals surface area contributed by atoms with E-state index < -0.39 is 79.4 Å². The molecule has 2 aromatic rings. The summed E-state index contributed by atoms with van der Waals surface area (Å²) in [5.41, 5.74) is 1.25. The predicted octanol–water partition coefficient (Wildman–Crippen LogP) is 3.94. The molecule has 2 heterocycles. The SMILES string of the molecule is COc1ccc(OC2C=CC(c3ccccc3)OC2COC(=O)CCC(C)=NOC2OC(COC(C)=O)C(OC(C)=O)C(OC(C)=O)C2OC(C)=O)cc1. The van der Waals surface area contributed by atoms with Gasteiger partial charge in [0.2, 0.25) is 6.10 Å². The maximum Gasteiger partial charge on any atom is 0.306 e. The van der Waals surface area contributed by atoms with E-state index in [1.165, 1.54) is 0 Å². The van der Waals surface area contributed by atoms with Crippen LogP contribution in [0.3, 0.4) is 0 Å². The summed E-state index contributed by atoms with van der Waals surface area (Å²) in [4.78, 5) is 66.2. The maximum absolute atomic E-state index is 12.9. The number of hydrogen-bond acceptors (Lipinski definition) is 16. The van der Waals surface area contributed by atoms with Gasteiger partial charge in [-0.15, -0.1) is 0 Å². The Morgan fingerprint density at radius 1 is 0.648 bits per heavy atom. The Morgan fingerprint density at radius 3 is 1.89 bits per heavy atom. The first-order chi connectivity index (χ1) is 25.8. The number of rotatable bonds is 16. The summed E-state index contributed by atoms with van der Waals surface area (Å²) < 4.78 is 50.4. The van der Waals surface area contributed by atoms with E-state index in [-0.39, 0.29) is 25.6 Å². The summed E-state index contributed by atoms with van der Waals surface area (Å²) in [6.07, 6.45) is -4.75. The lowest BCUT2D eigenvalue weighted by Gasteiger charge is -2.43. The Hall–Kier alpha value is -5.48. The summed E-state index contributed by atoms with van der Waals surface area (Å²) in [5, 5.41) is 4.05. The van der Waals surface area contributed by atoms with Crippen molar-refractivity contribution in [3.8, 4) is 11.5 Å². The molecule has 0 bridgehead atoms. The van der Waals surface area contributed by atoms with Crippen LogP contribution >= 0.6 is 0 Å². The molecule has 0 radical (unpaired) electrons. The highest BCUT2D eigenvalue weighted by Crippen LogP contribution is 2.31. The molecular weight excluding hydrogens is 710 g/mol. The molecule has 16 heteroatoms. The number of carbonyl (C=O) groups excluding carboxylic acids is 5. The van der Waals surface area contributed by atoms with Gasteiger partial charge in [0.25, 0.3) is 6.29 Å². The lowest BCUT2D eigenvalue weighted by molar-refractivity contribution is -0.308. The summed E-state index contributed by atoms with van der Waals surface area (Å²) >= 11 is 0. The fourth-order valence-corrected chi connectivity index (χ4v) is 5.53. The molecule has 2 aromatic carbocycles. The molecule has 0 amide bonds. The van der Waals surface area contributed by atoms with Gasteiger partial charge < -0.3 is 47.5 Å². The number of methoxy groups -OCH3 is 1. The van der Waals surface area contributed by atoms with E-state index in [9.17, 15) is 24.0 Å². The highest BCUT2D eigenvalue weighted by atomic mass is 16.8. The molecule has 0 aromatic heterocycles. The Labute approximate surface area is 312 Å². The molecule has 0 saturated carbocycles. The third-order valence-electron chi connectivity index (χ3n) is 7.98. The second-order valence-electron chi connectivity index (χ2n) is 12.3. The van der Waals surface area contributed by atoms with Crippen molar-refractivity contribution in [2.75, 3.05) is 20.3 Å². The minimum Gasteiger partial charge on any atom is -0.497 e. The molecule has 8 unspecified atom stereocenters. The van der Waals surface area contributed by atoms with Gasteiger partial charge in [0.15, 0.2) is 12.2 Å². The van der Waals surface area contributed by atoms with Crippen LogP contribution in [0.15, 0.2) is 71.9 Å². The van der Waals surface area contributed by atoms with Crippen molar-refractivity contribution >= 4 is 35.6 Å². The Morgan fingerprint density at radius 2 is 1.26 bits per heavy atom. The van der Waals surface area contributed by atoms with E-state index in [1.807, 2.05) is 42.5 Å². The zero-order valence-corrected chi connectivity index (χ0v) is 30.9. The van der Waals surface area contributed by atoms with Crippen LogP contribution in [0.25, 0.3) is 0 Å². The molecule has 292 valence electrons. The van der Waals surface area contributed by atoms with Gasteiger partial charge in [-0.1, -0.05) is 41.6 Å². The number of oxime groups is 1. The molecule has 0 aliphatic carbocycles. The Kier molecular flexibility index (Phi) is 15.4. The van der Waals surface area contributed by atoms with Crippen molar-refractivity contribution in [2.45, 2.75) is 96.5 Å². The molecule has 54 heavy (non-hydrogen) atoms. The zero-order chi connectivity index (χ0) is 39.2. The Balaban J connectivity index is 1.41. The van der Waals surface area contributed by atoms with E-state index in [2.05, 4.69) is 5.16 Å². The van der Waals surface area contributed by atoms with Gasteiger partial charge in [-0.3, -0.25) is 24.0 Å². The molecule has 8 atom stereocenters. The quantitative estimate of drug-likeness (QED) is 0.0787. The first-order valence-corrected chi connectivity index (χ1v) is 17.2. The number of nitrogens with zero attached hydrogens (tertiary/aromatic N) is 1. The van der Waals surface area contributed by atoms with Gasteiger partial charge in [-0.05, 0) is 49.2 Å². The molecule has 0 N–H and O–H groups in total. The second kappa shape index (κ2) is 20.1. The third kappa shape index (κ3) is 12.6. The van der Waals surface area contributed by atoms with Gasteiger partial charge in [-0.25, -0.2) is 0 Å². The van der Waals surface area contributed by atoms with Crippen LogP contribution in [0.1, 0.15) is 59.1 Å². The number of ether oxygens (including phenoxy) is 9. The minimum absolute atomic E-state index is 0.0912. The second-order valence-corrected chi connectivity index (χ2v) is 12.3. The third-order valence-corrected chi connectivity index (χ3v) is 7.98. The summed E-state index contributed by atoms with van der Waals surface area (Å²) in [7, 11) is 1.57. The normalized spacial score (nSPS) is 25.0. The van der Waals surface area contributed by atoms with Crippen molar-refractivity contribution in [3.63, 3.8) is 0 Å². The molecule has 1 saturated heterocycles. The maximum atomic E-state index is 12.9. The van der Waals surface area contributed by atoms with E-state index in [0.29, 0.717) is 17.2 Å². The monoisotopic (exact) mass is 755 g/mol. The van der Waals surface area contributed by atoms with Crippen molar-refractivity contribution < 1.29 is 71.4 Å². The number of hydrogen-bond donors (Lipinski definition) is 0. The number of carbonyl (C=O) groups is 5. The molecule has 1 fully saturated rings. The minimum atomic E-state index is -1.51. The van der Waals surface area contributed by atoms with Gasteiger partial charge in [-0.2, -0.15) is 0 Å². The summed E-state index contributed by atoms with van der Waals surface area (Å²) in [5.74, 6) is -2.30. The van der Waals surface area contributed by atoms with E-state index in [0.717, 1.165) is 33.3 Å². The molecule has 4 rings (SSSR count). The van der Waals surface area contributed by atoms with E-state index in [4.69, 9.17) is 47.5 Å². The van der Waals surface area contributed by atoms with Crippen LogP contribution in [0, 0.1) is 0 Å². The molecule has 2 aliphatic rings. The molecule has 2 aliphatic heterocycles. The molecule has 0 spiro atoms. The van der Waals surface area contributed by atoms with Crippen LogP contribution in [-0.2, 0) is 62.0 Å². The van der Waals surface area contributed by atoms with Crippen molar-refractivity contribution in [2.24, 2.45) is 5.16 Å². The molecular formula is C38H45NO15. The lowest BCUT2D eigenvalue weighted by Crippen LogP contribution is -2.62. The van der Waals surface area contributed by atoms with Gasteiger partial charge in [0.05, 0.1) is 19.2 Å². The van der Waals surface area contributed by atoms with Crippen LogP contribution < -0.4 is 9.47 Å². The number of benzene rings is 2. The lowest BCUT2D eigenvalue weighted by atomic mass is 9.98. The number of esters is 5. The van der Waals surface area contributed by atoms with Gasteiger partial charge in [0.1, 0.15) is 49.1 Å². The zero-order valence-electron chi connectivity index (χ0n) is 30.9. The fourth-order valence-electron chi connectivity index (χ4n) is 5.53. The Bertz CT molecular complexity index is 1640. The van der Waals surface area contributed by atoms with Crippen molar-refractivity contribution in [1.29, 1.82) is 0 Å². The van der Waals surface area contributed by atoms with Crippen molar-refractivity contribution in [3.05, 3.63) is 72.3 Å². The highest BCUT2D eigenvalue weighted by molar-refractivity contribution is 5.85. The highest BCUT2D eigenvalue weighted by Gasteiger charge is 2.53. The first kappa shape index (κ1) is 41.3.